The fraction of sp³-hybridized carbons (Fsp3) is 0.188. The van der Waals surface area contributed by atoms with Crippen LogP contribution >= 0.6 is 0 Å². The summed E-state index contributed by atoms with van der Waals surface area (Å²) in [5.41, 5.74) is -3.26. The molecule has 0 radical (unpaired) electrons. The summed E-state index contributed by atoms with van der Waals surface area (Å²) in [6.45, 7) is 0. The van der Waals surface area contributed by atoms with E-state index in [9.17, 15) is 17.6 Å². The van der Waals surface area contributed by atoms with Gasteiger partial charge in [-0.05, 0) is 29.7 Å². The van der Waals surface area contributed by atoms with E-state index in [1.807, 2.05) is 5.21 Å². The molecule has 0 spiro atoms. The lowest BCUT2D eigenvalue weighted by Crippen LogP contribution is -2.43. The summed E-state index contributed by atoms with van der Waals surface area (Å²) >= 11 is 0. The summed E-state index contributed by atoms with van der Waals surface area (Å²) < 4.78 is 55.8. The van der Waals surface area contributed by atoms with Gasteiger partial charge >= 0.3 is 6.18 Å². The van der Waals surface area contributed by atoms with Gasteiger partial charge in [-0.1, -0.05) is 30.3 Å². The highest BCUT2D eigenvalue weighted by Gasteiger charge is 2.59. The average molecular weight is 334 g/mol. The molecule has 1 unspecified atom stereocenters. The van der Waals surface area contributed by atoms with Crippen LogP contribution in [0.1, 0.15) is 23.4 Å². The zero-order valence-electron chi connectivity index (χ0n) is 12.1. The second-order valence-corrected chi connectivity index (χ2v) is 5.34. The lowest BCUT2D eigenvalue weighted by molar-refractivity contribution is -0.176. The first kappa shape index (κ1) is 15.9. The van der Waals surface area contributed by atoms with E-state index < -0.39 is 35.2 Å². The van der Waals surface area contributed by atoms with Gasteiger partial charge in [-0.15, -0.1) is 5.10 Å². The number of aromatic amines is 1. The summed E-state index contributed by atoms with van der Waals surface area (Å²) in [5, 5.41) is 17.9. The van der Waals surface area contributed by atoms with Crippen molar-refractivity contribution in [2.75, 3.05) is 0 Å². The highest BCUT2D eigenvalue weighted by atomic mass is 19.4. The number of hydrogen-bond acceptors (Lipinski definition) is 3. The number of hydrogen-bond donors (Lipinski definition) is 1. The van der Waals surface area contributed by atoms with Crippen molar-refractivity contribution in [1.82, 2.24) is 15.4 Å². The maximum absolute atomic E-state index is 14.1. The van der Waals surface area contributed by atoms with Crippen molar-refractivity contribution in [3.63, 3.8) is 0 Å². The minimum Gasteiger partial charge on any atom is -0.207 e. The first-order valence-electron chi connectivity index (χ1n) is 6.90. The number of allylic oxidation sites excluding steroid dienone is 4. The number of benzene rings is 1. The summed E-state index contributed by atoms with van der Waals surface area (Å²) in [4.78, 5) is 0. The summed E-state index contributed by atoms with van der Waals surface area (Å²) in [5.74, 6) is -1.04. The van der Waals surface area contributed by atoms with Crippen LogP contribution in [0.15, 0.2) is 48.3 Å². The Morgan fingerprint density at radius 1 is 1.17 bits per heavy atom. The molecule has 1 aliphatic rings. The predicted octanol–water partition coefficient (Wildman–Crippen LogP) is 3.82. The second-order valence-electron chi connectivity index (χ2n) is 5.34. The third-order valence-corrected chi connectivity index (χ3v) is 3.89. The fourth-order valence-electron chi connectivity index (χ4n) is 2.77. The van der Waals surface area contributed by atoms with Crippen LogP contribution < -0.4 is 0 Å². The molecule has 1 N–H and O–H groups in total. The monoisotopic (exact) mass is 334 g/mol. The highest BCUT2D eigenvalue weighted by Crippen LogP contribution is 2.51. The SMILES string of the molecule is N#Cc1n[nH]nc1C1(C(F)(F)F)C=C(F)C=C(c2ccccc2)C1. The molecule has 4 nitrogen and oxygen atoms in total. The lowest BCUT2D eigenvalue weighted by Gasteiger charge is -2.34. The molecule has 1 atom stereocenters. The number of alkyl halides is 3. The van der Waals surface area contributed by atoms with Crippen LogP contribution in [-0.4, -0.2) is 21.6 Å². The Bertz CT molecular complexity index is 858. The number of nitriles is 1. The number of nitrogens with zero attached hydrogens (tertiary/aromatic N) is 3. The molecule has 0 saturated heterocycles. The van der Waals surface area contributed by atoms with Crippen LogP contribution in [0.5, 0.6) is 0 Å². The smallest absolute Gasteiger partial charge is 0.207 e. The van der Waals surface area contributed by atoms with E-state index in [0.717, 1.165) is 6.08 Å². The number of rotatable bonds is 2. The van der Waals surface area contributed by atoms with Crippen molar-refractivity contribution in [1.29, 1.82) is 5.26 Å². The zero-order valence-corrected chi connectivity index (χ0v) is 12.1. The van der Waals surface area contributed by atoms with Crippen molar-refractivity contribution in [2.45, 2.75) is 18.0 Å². The quantitative estimate of drug-likeness (QED) is 0.849. The zero-order chi connectivity index (χ0) is 17.4. The predicted molar refractivity (Wildman–Crippen MR) is 77.1 cm³/mol. The van der Waals surface area contributed by atoms with Crippen molar-refractivity contribution in [3.8, 4) is 6.07 Å². The van der Waals surface area contributed by atoms with Gasteiger partial charge in [0.1, 0.15) is 23.0 Å². The molecule has 0 aliphatic heterocycles. The Morgan fingerprint density at radius 2 is 1.88 bits per heavy atom. The number of halogens is 4. The molecule has 0 amide bonds. The molecule has 0 fully saturated rings. The fourth-order valence-corrected chi connectivity index (χ4v) is 2.77. The van der Waals surface area contributed by atoms with Gasteiger partial charge in [0.05, 0.1) is 0 Å². The van der Waals surface area contributed by atoms with E-state index in [-0.39, 0.29) is 5.57 Å². The van der Waals surface area contributed by atoms with E-state index in [0.29, 0.717) is 11.6 Å². The van der Waals surface area contributed by atoms with Gasteiger partial charge in [-0.2, -0.15) is 28.7 Å². The minimum absolute atomic E-state index is 0.166. The molecule has 122 valence electrons. The molecule has 1 aliphatic carbocycles. The van der Waals surface area contributed by atoms with Crippen LogP contribution in [0.25, 0.3) is 5.57 Å². The Hall–Kier alpha value is -2.95. The second kappa shape index (κ2) is 5.60. The van der Waals surface area contributed by atoms with Gasteiger partial charge < -0.3 is 0 Å². The Morgan fingerprint density at radius 3 is 2.50 bits per heavy atom. The summed E-state index contributed by atoms with van der Waals surface area (Å²) in [6.07, 6.45) is -3.92. The minimum atomic E-state index is -4.86. The molecule has 8 heteroatoms. The van der Waals surface area contributed by atoms with E-state index in [1.54, 1.807) is 36.4 Å². The lowest BCUT2D eigenvalue weighted by atomic mass is 9.72. The average Bonchev–Trinajstić information content (AvgIpc) is 3.03. The Labute approximate surface area is 134 Å². The molecular formula is C16H10F4N4. The largest absolute Gasteiger partial charge is 0.403 e. The topological polar surface area (TPSA) is 65.4 Å². The molecule has 0 saturated carbocycles. The standard InChI is InChI=1S/C16H10F4N4/c17-12-6-11(10-4-2-1-3-5-10)7-15(8-12,16(18,19)20)14-13(9-21)22-24-23-14/h1-6,8H,7H2,(H,22,23,24). The number of aromatic nitrogens is 3. The van der Waals surface area contributed by atoms with Crippen LogP contribution in [0, 0.1) is 11.3 Å². The van der Waals surface area contributed by atoms with Gasteiger partial charge in [0.25, 0.3) is 0 Å². The van der Waals surface area contributed by atoms with Gasteiger partial charge in [-0.25, -0.2) is 4.39 Å². The molecule has 1 aromatic carbocycles. The van der Waals surface area contributed by atoms with Crippen molar-refractivity contribution < 1.29 is 17.6 Å². The van der Waals surface area contributed by atoms with Crippen LogP contribution in [0.2, 0.25) is 0 Å². The molecule has 1 aromatic heterocycles. The van der Waals surface area contributed by atoms with Crippen molar-refractivity contribution >= 4 is 5.57 Å². The first-order valence-corrected chi connectivity index (χ1v) is 6.90. The van der Waals surface area contributed by atoms with E-state index in [2.05, 4.69) is 10.2 Å². The Balaban J connectivity index is 2.19. The van der Waals surface area contributed by atoms with Gasteiger partial charge in [-0.3, -0.25) is 0 Å². The molecular weight excluding hydrogens is 324 g/mol. The molecule has 0 bridgehead atoms. The number of nitrogens with one attached hydrogen (secondary N) is 1. The Kier molecular flexibility index (Phi) is 3.72. The first-order chi connectivity index (χ1) is 11.4. The molecule has 24 heavy (non-hydrogen) atoms. The summed E-state index contributed by atoms with van der Waals surface area (Å²) in [6, 6.07) is 9.77. The van der Waals surface area contributed by atoms with Gasteiger partial charge in [0, 0.05) is 0 Å². The molecule has 3 rings (SSSR count). The van der Waals surface area contributed by atoms with Gasteiger partial charge in [0.15, 0.2) is 5.69 Å². The maximum Gasteiger partial charge on any atom is 0.403 e. The number of H-pyrrole nitrogens is 1. The van der Waals surface area contributed by atoms with Crippen molar-refractivity contribution in [2.24, 2.45) is 0 Å². The van der Waals surface area contributed by atoms with Crippen LogP contribution in [0.4, 0.5) is 17.6 Å². The normalized spacial score (nSPS) is 21.0. The van der Waals surface area contributed by atoms with E-state index >= 15 is 0 Å². The third-order valence-electron chi connectivity index (χ3n) is 3.89. The van der Waals surface area contributed by atoms with Gasteiger partial charge in [0.2, 0.25) is 0 Å². The summed E-state index contributed by atoms with van der Waals surface area (Å²) in [7, 11) is 0. The maximum atomic E-state index is 14.1. The highest BCUT2D eigenvalue weighted by molar-refractivity contribution is 5.72. The van der Waals surface area contributed by atoms with E-state index in [1.165, 1.54) is 0 Å². The van der Waals surface area contributed by atoms with E-state index in [4.69, 9.17) is 5.26 Å². The third kappa shape index (κ3) is 2.48. The van der Waals surface area contributed by atoms with Crippen LogP contribution in [0.3, 0.4) is 0 Å². The van der Waals surface area contributed by atoms with Crippen LogP contribution in [-0.2, 0) is 5.41 Å². The van der Waals surface area contributed by atoms with Crippen molar-refractivity contribution in [3.05, 3.63) is 65.3 Å². The molecule has 1 heterocycles. The molecule has 2 aromatic rings.